The van der Waals surface area contributed by atoms with Crippen molar-refractivity contribution in [1.82, 2.24) is 0 Å². The molecule has 4 aliphatic carbocycles. The second-order valence-corrected chi connectivity index (χ2v) is 45.8. The van der Waals surface area contributed by atoms with Gasteiger partial charge in [-0.15, -0.1) is 23.5 Å². The molecule has 4 heterocycles. The summed E-state index contributed by atoms with van der Waals surface area (Å²) in [4.78, 5) is 15.4. The molecule has 0 aromatic heterocycles. The molecular weight excluding hydrogens is 1540 g/mol. The van der Waals surface area contributed by atoms with Gasteiger partial charge < -0.3 is 9.47 Å². The van der Waals surface area contributed by atoms with Crippen molar-refractivity contribution < 1.29 is 14.3 Å². The van der Waals surface area contributed by atoms with Crippen molar-refractivity contribution >= 4 is 29.3 Å². The minimum absolute atomic E-state index is 0.205. The number of para-hydroxylation sites is 2. The van der Waals surface area contributed by atoms with Gasteiger partial charge in [0.25, 0.3) is 0 Å². The molecule has 8 aromatic rings. The number of ether oxygens (including phenoxy) is 2. The quantitative estimate of drug-likeness (QED) is 0.0963. The van der Waals surface area contributed by atoms with E-state index in [1.165, 1.54) is 94.9 Å². The Bertz CT molecular complexity index is 4240. The van der Waals surface area contributed by atoms with Crippen molar-refractivity contribution in [3.63, 3.8) is 0 Å². The Labute approximate surface area is 768 Å². The molecule has 16 rings (SSSR count). The van der Waals surface area contributed by atoms with E-state index in [1.54, 1.807) is 44.5 Å². The van der Waals surface area contributed by atoms with E-state index in [0.29, 0.717) is 86.6 Å². The fraction of sp³-hybridized carbons (Fsp3) is 0.588. The Hall–Kier alpha value is -6.27. The molecule has 0 N–H and O–H groups in total. The summed E-state index contributed by atoms with van der Waals surface area (Å²) in [6.07, 6.45) is 12.2. The first-order chi connectivity index (χ1) is 58.6. The number of hydrogen-bond acceptors (Lipinski definition) is 5. The molecule has 0 saturated heterocycles. The Kier molecular flexibility index (Phi) is 35.2. The van der Waals surface area contributed by atoms with Crippen LogP contribution in [0.2, 0.25) is 0 Å². The molecule has 8 aromatic carbocycles. The van der Waals surface area contributed by atoms with Crippen molar-refractivity contribution in [3.8, 4) is 11.5 Å². The minimum atomic E-state index is -0.253. The lowest BCUT2D eigenvalue weighted by atomic mass is 9.58. The Morgan fingerprint density at radius 1 is 0.266 bits per heavy atom. The van der Waals surface area contributed by atoms with Crippen molar-refractivity contribution in [2.24, 2.45) is 100 Å². The van der Waals surface area contributed by atoms with Gasteiger partial charge >= 0.3 is 0 Å². The Morgan fingerprint density at radius 2 is 0.589 bits per heavy atom. The highest BCUT2D eigenvalue weighted by atomic mass is 32.2. The summed E-state index contributed by atoms with van der Waals surface area (Å²) < 4.78 is 11.6. The predicted molar refractivity (Wildman–Crippen MR) is 542 cm³/mol. The van der Waals surface area contributed by atoms with Crippen molar-refractivity contribution in [1.29, 1.82) is 0 Å². The van der Waals surface area contributed by atoms with E-state index in [9.17, 15) is 4.79 Å². The molecule has 678 valence electrons. The number of thioether (sulfide) groups is 2. The lowest BCUT2D eigenvalue weighted by molar-refractivity contribution is -0.126. The number of aryl methyl sites for hydroxylation is 2. The van der Waals surface area contributed by atoms with Gasteiger partial charge in [0.05, 0.1) is 18.6 Å². The van der Waals surface area contributed by atoms with E-state index in [2.05, 4.69) is 410 Å². The monoisotopic (exact) mass is 1710 g/mol. The summed E-state index contributed by atoms with van der Waals surface area (Å²) in [5.74, 6) is 15.7. The molecule has 0 saturated carbocycles. The lowest BCUT2D eigenvalue weighted by Crippen LogP contribution is -2.42. The summed E-state index contributed by atoms with van der Waals surface area (Å²) >= 11 is 4.06. The Balaban J connectivity index is 0.000000161. The van der Waals surface area contributed by atoms with Gasteiger partial charge in [-0.05, 0) is 244 Å². The third-order valence-corrected chi connectivity index (χ3v) is 36.2. The number of benzene rings is 8. The second-order valence-electron chi connectivity index (χ2n) is 43.6. The number of fused-ring (bicyclic) bond motifs is 8. The maximum Gasteiger partial charge on any atom is 0.148 e. The van der Waals surface area contributed by atoms with E-state index >= 15 is 0 Å². The summed E-state index contributed by atoms with van der Waals surface area (Å²) in [6, 6.07) is 70.4. The van der Waals surface area contributed by atoms with Crippen molar-refractivity contribution in [2.45, 2.75) is 333 Å². The minimum Gasteiger partial charge on any atom is -0.493 e. The van der Waals surface area contributed by atoms with Crippen LogP contribution >= 0.6 is 23.5 Å². The van der Waals surface area contributed by atoms with Crippen LogP contribution in [0.15, 0.2) is 204 Å². The second kappa shape index (κ2) is 43.0. The first kappa shape index (κ1) is 101. The van der Waals surface area contributed by atoms with E-state index in [0.717, 1.165) is 78.5 Å². The SMILES string of the molecule is CC(C)C1(C(C)C)C(=O)Cc2ccccc21.CC(C)C1(C(C)C)CCCc2ccccc21.CC(C)C1(C(C)C)CCOc2ccccc21.CC(C)C1(C(C)C)CCSc2ccccc21.CC(C)C1(C(C)C)CCc2ccccc21.CC(C)C1(C(C)C)COc2ccccc21.CC(C)C1(C(C)C)CSc2ccccc21.CC(C)C1(C(C)C)Cc2ccccc2C1. The van der Waals surface area contributed by atoms with Gasteiger partial charge in [0.15, 0.2) is 0 Å². The first-order valence-corrected chi connectivity index (χ1v) is 51.3. The van der Waals surface area contributed by atoms with Crippen LogP contribution < -0.4 is 9.47 Å². The molecule has 5 heteroatoms. The average Bonchev–Trinajstić information content (AvgIpc) is 1.59. The van der Waals surface area contributed by atoms with Gasteiger partial charge in [0.1, 0.15) is 17.3 Å². The molecule has 8 aliphatic rings. The largest absolute Gasteiger partial charge is 0.493 e. The molecule has 0 amide bonds. The molecule has 0 unspecified atom stereocenters. The zero-order chi connectivity index (χ0) is 91.4. The molecule has 3 nitrogen and oxygen atoms in total. The van der Waals surface area contributed by atoms with Gasteiger partial charge in [-0.2, -0.15) is 0 Å². The van der Waals surface area contributed by atoms with Gasteiger partial charge in [-0.3, -0.25) is 4.79 Å². The van der Waals surface area contributed by atoms with E-state index in [-0.39, 0.29) is 16.2 Å². The van der Waals surface area contributed by atoms with E-state index in [1.807, 2.05) is 29.6 Å². The molecule has 0 fully saturated rings. The molecule has 0 radical (unpaired) electrons. The van der Waals surface area contributed by atoms with Gasteiger partial charge in [-0.25, -0.2) is 0 Å². The van der Waals surface area contributed by atoms with Crippen LogP contribution in [0.4, 0.5) is 0 Å². The van der Waals surface area contributed by atoms with Crippen LogP contribution in [0.1, 0.15) is 320 Å². The van der Waals surface area contributed by atoms with Crippen LogP contribution in [-0.2, 0) is 74.8 Å². The number of rotatable bonds is 16. The number of Topliss-reactive ketones (excluding diaryl/α,β-unsaturated/α-hetero) is 1. The number of ketones is 1. The van der Waals surface area contributed by atoms with Gasteiger partial charge in [0, 0.05) is 65.6 Å². The summed E-state index contributed by atoms with van der Waals surface area (Å²) in [7, 11) is 0. The maximum absolute atomic E-state index is 12.4. The van der Waals surface area contributed by atoms with Gasteiger partial charge in [0.2, 0.25) is 0 Å². The maximum atomic E-state index is 12.4. The number of carbonyl (C=O) groups excluding carboxylic acids is 1. The summed E-state index contributed by atoms with van der Waals surface area (Å²) in [6.45, 7) is 76.5. The zero-order valence-electron chi connectivity index (χ0n) is 84.2. The standard InChI is InChI=1S/C16H24.C15H22O.C15H20O.C15H22S.2C15H22.C14H20O.C14H20S/c1-12(2)16(13(3)4)11-7-9-14-8-5-6-10-15(14)16;1-11(2)15(12(3)4)9-10-16-14-8-6-5-7-13(14)15;1-10(2)15(11(3)4)13-8-6-5-7-12(13)9-14(15)16;1-11(2)15(12(3)4)9-10-16-14-8-6-5-7-13(14)15;1-11(2)15(12(3)4)9-13-7-5-6-8-14(13)10-15;1-11(2)15(12(3)4)10-9-13-7-5-6-8-14(13)15;2*1-10(2)14(11(3)4)9-15-13-8-6-5-7-12(13)14/h5-6,8,10,12-13H,7,9,11H2,1-4H3;5-8,11-12H,9-10H2,1-4H3;5-8,10-11H,9H2,1-4H3;5-8,11-12H,9-10H2,1-4H3;2*5-8,11-12H,9-10H2,1-4H3;2*5-8,10-11H,9H2,1-4H3. The molecule has 0 spiro atoms. The predicted octanol–water partition coefficient (Wildman–Crippen LogP) is 32.9. The highest BCUT2D eigenvalue weighted by Crippen LogP contribution is 2.57. The van der Waals surface area contributed by atoms with Crippen LogP contribution in [0, 0.1) is 100 Å². The van der Waals surface area contributed by atoms with Crippen molar-refractivity contribution in [3.05, 3.63) is 261 Å². The zero-order valence-corrected chi connectivity index (χ0v) is 85.8. The normalized spacial score (nSPS) is 18.5. The van der Waals surface area contributed by atoms with Crippen molar-refractivity contribution in [2.75, 3.05) is 24.7 Å². The lowest BCUT2D eigenvalue weighted by Gasteiger charge is -2.46. The van der Waals surface area contributed by atoms with Gasteiger partial charge in [-0.1, -0.05) is 391 Å². The summed E-state index contributed by atoms with van der Waals surface area (Å²) in [5.41, 5.74) is 20.4. The fourth-order valence-corrected chi connectivity index (χ4v) is 29.4. The third-order valence-electron chi connectivity index (χ3n) is 33.8. The summed E-state index contributed by atoms with van der Waals surface area (Å²) in [5, 5.41) is 0. The smallest absolute Gasteiger partial charge is 0.148 e. The molecule has 124 heavy (non-hydrogen) atoms. The van der Waals surface area contributed by atoms with E-state index in [4.69, 9.17) is 9.47 Å². The fourth-order valence-electron chi connectivity index (χ4n) is 26.3. The number of hydrogen-bond donors (Lipinski definition) is 0. The van der Waals surface area contributed by atoms with Crippen LogP contribution in [0.5, 0.6) is 11.5 Å². The molecule has 4 aliphatic heterocycles. The average molecular weight is 1710 g/mol. The highest BCUT2D eigenvalue weighted by Gasteiger charge is 2.53. The topological polar surface area (TPSA) is 35.5 Å². The van der Waals surface area contributed by atoms with Crippen LogP contribution in [0.25, 0.3) is 0 Å². The third kappa shape index (κ3) is 19.6. The van der Waals surface area contributed by atoms with Crippen LogP contribution in [-0.4, -0.2) is 30.5 Å². The first-order valence-electron chi connectivity index (χ1n) is 49.3. The molecule has 0 bridgehead atoms. The molecular formula is C119H172O3S2. The Morgan fingerprint density at radius 3 is 1.02 bits per heavy atom. The molecule has 0 atom stereocenters. The van der Waals surface area contributed by atoms with E-state index < -0.39 is 0 Å². The number of carbonyl (C=O) groups is 1. The van der Waals surface area contributed by atoms with Crippen LogP contribution in [0.3, 0.4) is 0 Å². The highest BCUT2D eigenvalue weighted by molar-refractivity contribution is 7.99.